The first kappa shape index (κ1) is 14.9. The van der Waals surface area contributed by atoms with Crippen LogP contribution in [-0.2, 0) is 0 Å². The summed E-state index contributed by atoms with van der Waals surface area (Å²) in [7, 11) is 1.66. The van der Waals surface area contributed by atoms with Crippen LogP contribution in [0.3, 0.4) is 0 Å². The first-order valence-electron chi connectivity index (χ1n) is 8.53. The molecule has 0 unspecified atom stereocenters. The van der Waals surface area contributed by atoms with Crippen molar-refractivity contribution in [3.63, 3.8) is 0 Å². The number of aromatic nitrogens is 2. The minimum absolute atomic E-state index is 0.235. The molecule has 0 aliphatic carbocycles. The molecule has 0 radical (unpaired) electrons. The molecule has 0 saturated carbocycles. The maximum absolute atomic E-state index is 6.59. The molecule has 5 aromatic rings. The summed E-state index contributed by atoms with van der Waals surface area (Å²) in [4.78, 5) is 8.06. The number of aromatic amines is 1. The Hall–Kier alpha value is -3.18. The second-order valence-electron chi connectivity index (χ2n) is 6.60. The van der Waals surface area contributed by atoms with Crippen LogP contribution in [0.5, 0.6) is 17.2 Å². The monoisotopic (exact) mass is 376 g/mol. The number of hydrogen-bond acceptors (Lipinski definition) is 4. The van der Waals surface area contributed by atoms with Crippen LogP contribution in [0.2, 0.25) is 5.15 Å². The van der Waals surface area contributed by atoms with Gasteiger partial charge >= 0.3 is 0 Å². The molecule has 5 nitrogen and oxygen atoms in total. The van der Waals surface area contributed by atoms with Crippen LogP contribution in [0.15, 0.2) is 42.5 Å². The third-order valence-electron chi connectivity index (χ3n) is 5.15. The molecule has 6 heteroatoms. The van der Waals surface area contributed by atoms with Gasteiger partial charge in [0, 0.05) is 27.6 Å². The van der Waals surface area contributed by atoms with Crippen LogP contribution in [0.4, 0.5) is 0 Å². The average molecular weight is 377 g/mol. The minimum atomic E-state index is 0.235. The van der Waals surface area contributed by atoms with Crippen LogP contribution in [0.25, 0.3) is 43.5 Å². The smallest absolute Gasteiger partial charge is 0.231 e. The molecule has 0 saturated heterocycles. The van der Waals surface area contributed by atoms with E-state index in [0.717, 1.165) is 60.7 Å². The van der Waals surface area contributed by atoms with Crippen molar-refractivity contribution in [1.29, 1.82) is 0 Å². The summed E-state index contributed by atoms with van der Waals surface area (Å²) in [5.41, 5.74) is 2.75. The largest absolute Gasteiger partial charge is 0.497 e. The van der Waals surface area contributed by atoms with Gasteiger partial charge in [0.1, 0.15) is 10.9 Å². The Balaban J connectivity index is 1.76. The minimum Gasteiger partial charge on any atom is -0.497 e. The van der Waals surface area contributed by atoms with Gasteiger partial charge in [0.25, 0.3) is 0 Å². The lowest BCUT2D eigenvalue weighted by atomic mass is 10.0. The maximum atomic E-state index is 6.59. The van der Waals surface area contributed by atoms with E-state index in [9.17, 15) is 0 Å². The summed E-state index contributed by atoms with van der Waals surface area (Å²) >= 11 is 6.59. The van der Waals surface area contributed by atoms with Crippen molar-refractivity contribution >= 4 is 55.1 Å². The summed E-state index contributed by atoms with van der Waals surface area (Å²) in [6, 6.07) is 14.0. The Labute approximate surface area is 158 Å². The number of nitrogens with one attached hydrogen (secondary N) is 1. The van der Waals surface area contributed by atoms with Crippen molar-refractivity contribution in [3.05, 3.63) is 47.6 Å². The molecule has 1 aliphatic rings. The maximum Gasteiger partial charge on any atom is 0.231 e. The van der Waals surface area contributed by atoms with Gasteiger partial charge in [-0.2, -0.15) is 0 Å². The van der Waals surface area contributed by atoms with Crippen LogP contribution in [0.1, 0.15) is 0 Å². The number of benzene rings is 3. The Morgan fingerprint density at radius 3 is 2.56 bits per heavy atom. The first-order chi connectivity index (χ1) is 13.2. The molecule has 6 rings (SSSR count). The Morgan fingerprint density at radius 1 is 0.889 bits per heavy atom. The predicted molar refractivity (Wildman–Crippen MR) is 106 cm³/mol. The van der Waals surface area contributed by atoms with Gasteiger partial charge in [-0.3, -0.25) is 0 Å². The first-order valence-corrected chi connectivity index (χ1v) is 8.91. The van der Waals surface area contributed by atoms with E-state index >= 15 is 0 Å². The summed E-state index contributed by atoms with van der Waals surface area (Å²) in [6.07, 6.45) is 0. The van der Waals surface area contributed by atoms with Crippen LogP contribution < -0.4 is 14.2 Å². The number of methoxy groups -OCH3 is 1. The Bertz CT molecular complexity index is 1410. The quantitative estimate of drug-likeness (QED) is 0.314. The number of nitrogens with zero attached hydrogens (tertiary/aromatic N) is 1. The molecule has 0 bridgehead atoms. The predicted octanol–water partition coefficient (Wildman–Crippen LogP) is 5.41. The number of rotatable bonds is 1. The van der Waals surface area contributed by atoms with E-state index in [4.69, 9.17) is 30.8 Å². The fraction of sp³-hybridized carbons (Fsp3) is 0.0952. The second-order valence-corrected chi connectivity index (χ2v) is 6.98. The summed E-state index contributed by atoms with van der Waals surface area (Å²) in [5.74, 6) is 2.27. The van der Waals surface area contributed by atoms with E-state index in [2.05, 4.69) is 17.1 Å². The Kier molecular flexibility index (Phi) is 2.86. The van der Waals surface area contributed by atoms with E-state index in [0.29, 0.717) is 5.15 Å². The molecule has 27 heavy (non-hydrogen) atoms. The van der Waals surface area contributed by atoms with Gasteiger partial charge in [-0.25, -0.2) is 4.98 Å². The van der Waals surface area contributed by atoms with Gasteiger partial charge in [0.2, 0.25) is 6.79 Å². The van der Waals surface area contributed by atoms with E-state index < -0.39 is 0 Å². The lowest BCUT2D eigenvalue weighted by Crippen LogP contribution is -1.92. The zero-order valence-corrected chi connectivity index (χ0v) is 15.1. The molecule has 1 N–H and O–H groups in total. The fourth-order valence-corrected chi connectivity index (χ4v) is 4.10. The highest BCUT2D eigenvalue weighted by atomic mass is 35.5. The highest BCUT2D eigenvalue weighted by Gasteiger charge is 2.18. The molecule has 0 amide bonds. The van der Waals surface area contributed by atoms with Gasteiger partial charge in [-0.05, 0) is 41.8 Å². The molecule has 132 valence electrons. The zero-order chi connectivity index (χ0) is 18.1. The highest BCUT2D eigenvalue weighted by molar-refractivity contribution is 6.36. The lowest BCUT2D eigenvalue weighted by molar-refractivity contribution is 0.174. The van der Waals surface area contributed by atoms with Crippen molar-refractivity contribution in [2.24, 2.45) is 0 Å². The number of pyridine rings is 1. The van der Waals surface area contributed by atoms with Gasteiger partial charge in [-0.1, -0.05) is 11.6 Å². The molecule has 3 heterocycles. The molecule has 0 fully saturated rings. The van der Waals surface area contributed by atoms with Crippen molar-refractivity contribution in [2.75, 3.05) is 13.9 Å². The highest BCUT2D eigenvalue weighted by Crippen LogP contribution is 2.41. The number of hydrogen-bond donors (Lipinski definition) is 1. The SMILES string of the molecule is COc1ccc2nc3cc4c(cc3c2c1)c(Cl)[nH]c1cc2c(cc14)OCO2. The van der Waals surface area contributed by atoms with Crippen LogP contribution >= 0.6 is 11.6 Å². The third kappa shape index (κ3) is 2.03. The van der Waals surface area contributed by atoms with E-state index in [1.54, 1.807) is 7.11 Å². The van der Waals surface area contributed by atoms with E-state index in [1.807, 2.05) is 30.3 Å². The lowest BCUT2D eigenvalue weighted by Gasteiger charge is -2.09. The topological polar surface area (TPSA) is 56.4 Å². The van der Waals surface area contributed by atoms with Gasteiger partial charge in [0.15, 0.2) is 11.5 Å². The zero-order valence-electron chi connectivity index (χ0n) is 14.3. The molecule has 0 atom stereocenters. The van der Waals surface area contributed by atoms with Crippen LogP contribution in [-0.4, -0.2) is 23.9 Å². The fourth-order valence-electron chi connectivity index (χ4n) is 3.84. The Morgan fingerprint density at radius 2 is 1.70 bits per heavy atom. The summed E-state index contributed by atoms with van der Waals surface area (Å²) in [6.45, 7) is 0.235. The molecular formula is C21H13ClN2O3. The van der Waals surface area contributed by atoms with E-state index in [1.165, 1.54) is 0 Å². The van der Waals surface area contributed by atoms with E-state index in [-0.39, 0.29) is 6.79 Å². The molecule has 1 aliphatic heterocycles. The number of ether oxygens (including phenoxy) is 3. The number of fused-ring (bicyclic) bond motifs is 7. The van der Waals surface area contributed by atoms with Gasteiger partial charge in [0.05, 0.1) is 23.7 Å². The molecule has 2 aromatic heterocycles. The van der Waals surface area contributed by atoms with Gasteiger partial charge in [-0.15, -0.1) is 0 Å². The molecule has 0 spiro atoms. The summed E-state index contributed by atoms with van der Waals surface area (Å²) in [5, 5.41) is 5.66. The third-order valence-corrected chi connectivity index (χ3v) is 5.45. The summed E-state index contributed by atoms with van der Waals surface area (Å²) < 4.78 is 16.4. The number of halogens is 1. The van der Waals surface area contributed by atoms with Crippen LogP contribution in [0, 0.1) is 0 Å². The van der Waals surface area contributed by atoms with Gasteiger partial charge < -0.3 is 19.2 Å². The van der Waals surface area contributed by atoms with Crippen molar-refractivity contribution < 1.29 is 14.2 Å². The normalized spacial score (nSPS) is 13.3. The number of H-pyrrole nitrogens is 1. The van der Waals surface area contributed by atoms with Crippen molar-refractivity contribution in [1.82, 2.24) is 9.97 Å². The molecular weight excluding hydrogens is 364 g/mol. The molecule has 3 aromatic carbocycles. The van der Waals surface area contributed by atoms with Crippen molar-refractivity contribution in [2.45, 2.75) is 0 Å². The second kappa shape index (κ2) is 5.18. The average Bonchev–Trinajstić information content (AvgIpc) is 3.28. The standard InChI is InChI=1S/C21H13ClN2O3/c1-25-10-2-3-16-12(4-10)13-5-15-11(6-17(13)23-16)14-7-19-20(27-9-26-19)8-18(14)24-21(15)22/h2-8,24H,9H2,1H3. The van der Waals surface area contributed by atoms with Crippen molar-refractivity contribution in [3.8, 4) is 17.2 Å².